The molecule has 0 spiro atoms. The van der Waals surface area contributed by atoms with Crippen molar-refractivity contribution in [1.82, 2.24) is 20.6 Å². The average Bonchev–Trinajstić information content (AvgIpc) is 3.24. The average molecular weight is 468 g/mol. The lowest BCUT2D eigenvalue weighted by atomic mass is 9.50. The van der Waals surface area contributed by atoms with Gasteiger partial charge in [0.25, 0.3) is 0 Å². The Labute approximate surface area is 201 Å². The number of hydrazine groups is 1. The van der Waals surface area contributed by atoms with Crippen LogP contribution in [-0.4, -0.2) is 66.7 Å². The summed E-state index contributed by atoms with van der Waals surface area (Å²) < 4.78 is 5.72. The second-order valence-electron chi connectivity index (χ2n) is 10.6. The van der Waals surface area contributed by atoms with Crippen LogP contribution in [0.15, 0.2) is 35.0 Å². The van der Waals surface area contributed by atoms with Gasteiger partial charge in [0, 0.05) is 31.7 Å². The van der Waals surface area contributed by atoms with Crippen LogP contribution in [0.3, 0.4) is 0 Å². The lowest BCUT2D eigenvalue weighted by Gasteiger charge is -2.61. The number of nitrogens with one attached hydrogen (secondary N) is 2. The van der Waals surface area contributed by atoms with Gasteiger partial charge in [0.05, 0.1) is 11.9 Å². The molecule has 5 aliphatic rings. The number of hydrogen-bond donors (Lipinski definition) is 3. The molecule has 1 amide bonds. The Hall–Kier alpha value is -2.65. The van der Waals surface area contributed by atoms with Crippen LogP contribution in [0.2, 0.25) is 0 Å². The van der Waals surface area contributed by atoms with E-state index in [-0.39, 0.29) is 17.7 Å². The van der Waals surface area contributed by atoms with E-state index in [0.29, 0.717) is 11.8 Å². The molecular weight excluding hydrogens is 430 g/mol. The number of carbonyl (C=O) groups is 1. The van der Waals surface area contributed by atoms with E-state index in [0.717, 1.165) is 82.1 Å². The normalized spacial score (nSPS) is 31.5. The van der Waals surface area contributed by atoms with E-state index in [2.05, 4.69) is 44.5 Å². The Morgan fingerprint density at radius 3 is 2.62 bits per heavy atom. The Morgan fingerprint density at radius 1 is 1.24 bits per heavy atom. The first-order chi connectivity index (χ1) is 16.4. The molecule has 9 nitrogen and oxygen atoms in total. The lowest BCUT2D eigenvalue weighted by Crippen LogP contribution is -2.68. The van der Waals surface area contributed by atoms with Crippen LogP contribution in [0, 0.1) is 11.8 Å². The first kappa shape index (κ1) is 23.1. The van der Waals surface area contributed by atoms with E-state index in [4.69, 9.17) is 10.6 Å². The SMILES string of the molecule is C/C(=C\C(=Nc1ccc(N2CCN(C)CC2)nc1)NN)[C@H]1CC[C@@H](OC(=O)NC23CC(C2)C3)C1. The number of piperazine rings is 1. The third-order valence-electron chi connectivity index (χ3n) is 8.03. The zero-order chi connectivity index (χ0) is 23.7. The fraction of sp³-hybridized carbons (Fsp3) is 0.640. The van der Waals surface area contributed by atoms with Crippen molar-refractivity contribution in [2.75, 3.05) is 38.1 Å². The van der Waals surface area contributed by atoms with E-state index >= 15 is 0 Å². The van der Waals surface area contributed by atoms with Crippen molar-refractivity contribution < 1.29 is 9.53 Å². The molecule has 1 saturated heterocycles. The van der Waals surface area contributed by atoms with Crippen molar-refractivity contribution in [2.45, 2.75) is 57.1 Å². The van der Waals surface area contributed by atoms with Crippen LogP contribution in [0.25, 0.3) is 0 Å². The molecule has 2 bridgehead atoms. The van der Waals surface area contributed by atoms with Crippen LogP contribution in [0.1, 0.15) is 45.4 Å². The predicted octanol–water partition coefficient (Wildman–Crippen LogP) is 2.72. The van der Waals surface area contributed by atoms with Gasteiger partial charge in [-0.2, -0.15) is 0 Å². The van der Waals surface area contributed by atoms with E-state index in [1.165, 1.54) is 5.57 Å². The van der Waals surface area contributed by atoms with Crippen molar-refractivity contribution in [3.05, 3.63) is 30.0 Å². The van der Waals surface area contributed by atoms with Gasteiger partial charge in [-0.15, -0.1) is 0 Å². The van der Waals surface area contributed by atoms with E-state index in [1.54, 1.807) is 6.20 Å². The van der Waals surface area contributed by atoms with Gasteiger partial charge in [0.2, 0.25) is 0 Å². The van der Waals surface area contributed by atoms with Crippen molar-refractivity contribution >= 4 is 23.4 Å². The molecule has 0 unspecified atom stereocenters. The largest absolute Gasteiger partial charge is 0.446 e. The summed E-state index contributed by atoms with van der Waals surface area (Å²) in [5.41, 5.74) is 4.71. The predicted molar refractivity (Wildman–Crippen MR) is 133 cm³/mol. The van der Waals surface area contributed by atoms with Gasteiger partial charge in [-0.25, -0.2) is 20.6 Å². The van der Waals surface area contributed by atoms with Gasteiger partial charge in [-0.05, 0) is 82.5 Å². The molecule has 4 N–H and O–H groups in total. The number of hydrogen-bond acceptors (Lipinski definition) is 7. The zero-order valence-corrected chi connectivity index (χ0v) is 20.3. The quantitative estimate of drug-likeness (QED) is 0.255. The molecule has 0 radical (unpaired) electrons. The Morgan fingerprint density at radius 2 is 2.00 bits per heavy atom. The number of nitrogens with two attached hydrogens (primary N) is 1. The van der Waals surface area contributed by atoms with Gasteiger partial charge < -0.3 is 25.3 Å². The molecule has 0 aromatic carbocycles. The molecule has 1 aromatic rings. The Kier molecular flexibility index (Phi) is 6.48. The number of allylic oxidation sites excluding steroid dienone is 1. The summed E-state index contributed by atoms with van der Waals surface area (Å²) in [4.78, 5) is 26.1. The van der Waals surface area contributed by atoms with Crippen molar-refractivity contribution in [1.29, 1.82) is 0 Å². The molecule has 184 valence electrons. The number of aromatic nitrogens is 1. The summed E-state index contributed by atoms with van der Waals surface area (Å²) >= 11 is 0. The number of likely N-dealkylation sites (N-methyl/N-ethyl adjacent to an activating group) is 1. The third-order valence-corrected chi connectivity index (χ3v) is 8.03. The van der Waals surface area contributed by atoms with Crippen LogP contribution in [0.5, 0.6) is 0 Å². The molecular formula is C25H37N7O2. The zero-order valence-electron chi connectivity index (χ0n) is 20.3. The van der Waals surface area contributed by atoms with E-state index < -0.39 is 0 Å². The van der Waals surface area contributed by atoms with Gasteiger partial charge in [0.1, 0.15) is 17.8 Å². The molecule has 34 heavy (non-hydrogen) atoms. The third kappa shape index (κ3) is 5.05. The minimum Gasteiger partial charge on any atom is -0.446 e. The standard InChI is InChI=1S/C25H37N7O2/c1-17(19-3-5-21(12-19)34-24(33)29-25-13-18(14-25)15-25)11-22(30-26)28-20-4-6-23(27-16-20)32-9-7-31(2)8-10-32/h4,6,11,16,18-19,21H,3,5,7-10,12-15,26H2,1-2H3,(H,28,30)(H,29,33)/b17-11+/t18?,19-,21+,25?/m0/s1. The maximum absolute atomic E-state index is 12.3. The summed E-state index contributed by atoms with van der Waals surface area (Å²) in [6.07, 6.45) is 9.60. The second-order valence-corrected chi connectivity index (χ2v) is 10.6. The molecule has 2 heterocycles. The summed E-state index contributed by atoms with van der Waals surface area (Å²) in [6, 6.07) is 4.00. The molecule has 4 aliphatic carbocycles. The smallest absolute Gasteiger partial charge is 0.407 e. The van der Waals surface area contributed by atoms with Gasteiger partial charge >= 0.3 is 6.09 Å². The summed E-state index contributed by atoms with van der Waals surface area (Å²) in [6.45, 7) is 6.16. The molecule has 4 saturated carbocycles. The number of rotatable bonds is 6. The Balaban J connectivity index is 1.14. The van der Waals surface area contributed by atoms with Gasteiger partial charge in [-0.1, -0.05) is 5.57 Å². The molecule has 1 aliphatic heterocycles. The molecule has 5 fully saturated rings. The van der Waals surface area contributed by atoms with Gasteiger partial charge in [0.15, 0.2) is 0 Å². The summed E-state index contributed by atoms with van der Waals surface area (Å²) in [7, 11) is 2.15. The maximum atomic E-state index is 12.3. The molecule has 1 aromatic heterocycles. The minimum absolute atomic E-state index is 0.0294. The number of ether oxygens (including phenoxy) is 1. The molecule has 9 heteroatoms. The monoisotopic (exact) mass is 467 g/mol. The topological polar surface area (TPSA) is 108 Å². The van der Waals surface area contributed by atoms with Crippen molar-refractivity contribution in [3.63, 3.8) is 0 Å². The number of pyridine rings is 1. The number of carbonyl (C=O) groups excluding carboxylic acids is 1. The minimum atomic E-state index is -0.246. The van der Waals surface area contributed by atoms with Crippen LogP contribution >= 0.6 is 0 Å². The molecule has 6 rings (SSSR count). The summed E-state index contributed by atoms with van der Waals surface area (Å²) in [5.74, 6) is 8.53. The van der Waals surface area contributed by atoms with E-state index in [1.807, 2.05) is 18.2 Å². The number of amidine groups is 1. The summed E-state index contributed by atoms with van der Waals surface area (Å²) in [5, 5.41) is 3.09. The fourth-order valence-corrected chi connectivity index (χ4v) is 5.74. The van der Waals surface area contributed by atoms with Crippen LogP contribution in [0.4, 0.5) is 16.3 Å². The highest BCUT2D eigenvalue weighted by Crippen LogP contribution is 2.57. The van der Waals surface area contributed by atoms with E-state index in [9.17, 15) is 4.79 Å². The second kappa shape index (κ2) is 9.54. The number of amides is 1. The van der Waals surface area contributed by atoms with Crippen molar-refractivity contribution in [2.24, 2.45) is 22.7 Å². The highest BCUT2D eigenvalue weighted by molar-refractivity contribution is 5.94. The fourth-order valence-electron chi connectivity index (χ4n) is 5.74. The highest BCUT2D eigenvalue weighted by atomic mass is 16.6. The first-order valence-electron chi connectivity index (χ1n) is 12.5. The number of aliphatic imine (C=N–C) groups is 1. The van der Waals surface area contributed by atoms with Crippen LogP contribution < -0.4 is 21.5 Å². The highest BCUT2D eigenvalue weighted by Gasteiger charge is 2.57. The molecule has 2 atom stereocenters. The maximum Gasteiger partial charge on any atom is 0.407 e. The van der Waals surface area contributed by atoms with Crippen molar-refractivity contribution in [3.8, 4) is 0 Å². The number of alkyl carbamates (subject to hydrolysis) is 1. The van der Waals surface area contributed by atoms with Crippen LogP contribution in [-0.2, 0) is 4.74 Å². The first-order valence-corrected chi connectivity index (χ1v) is 12.5. The van der Waals surface area contributed by atoms with Gasteiger partial charge in [-0.3, -0.25) is 0 Å². The Bertz CT molecular complexity index is 935. The lowest BCUT2D eigenvalue weighted by molar-refractivity contribution is -0.0507. The number of nitrogens with zero attached hydrogens (tertiary/aromatic N) is 4. The number of anilines is 1.